The maximum atomic E-state index is 12.1. The topological polar surface area (TPSA) is 49.3 Å². The molecule has 3 nitrogen and oxygen atoms in total. The van der Waals surface area contributed by atoms with E-state index in [1.165, 1.54) is 0 Å². The second kappa shape index (κ2) is 6.73. The highest BCUT2D eigenvalue weighted by atomic mass is 35.5. The van der Waals surface area contributed by atoms with E-state index >= 15 is 0 Å². The lowest BCUT2D eigenvalue weighted by Gasteiger charge is -2.13. The van der Waals surface area contributed by atoms with Crippen molar-refractivity contribution in [3.05, 3.63) is 52.6 Å². The lowest BCUT2D eigenvalue weighted by Crippen LogP contribution is -2.33. The summed E-state index contributed by atoms with van der Waals surface area (Å²) in [6.07, 6.45) is 6.45. The number of amides is 1. The zero-order valence-electron chi connectivity index (χ0n) is 11.3. The van der Waals surface area contributed by atoms with E-state index < -0.39 is 0 Å². The summed E-state index contributed by atoms with van der Waals surface area (Å²) in [6, 6.07) is 7.37. The van der Waals surface area contributed by atoms with E-state index in [0.29, 0.717) is 10.6 Å². The number of hydrogen-bond acceptors (Lipinski definition) is 2. The molecule has 0 spiro atoms. The average Bonchev–Trinajstić information content (AvgIpc) is 2.86. The summed E-state index contributed by atoms with van der Waals surface area (Å²) in [5.74, 6) is 0.0516. The molecule has 1 aliphatic carbocycles. The van der Waals surface area contributed by atoms with Gasteiger partial charge in [0.1, 0.15) is 0 Å². The lowest BCUT2D eigenvalue weighted by molar-refractivity contribution is -0.117. The zero-order valence-corrected chi connectivity index (χ0v) is 12.1. The van der Waals surface area contributed by atoms with Gasteiger partial charge >= 0.3 is 0 Å². The minimum atomic E-state index is -0.0989. The molecule has 1 aromatic carbocycles. The van der Waals surface area contributed by atoms with Crippen LogP contribution in [0.4, 0.5) is 0 Å². The molecule has 20 heavy (non-hydrogen) atoms. The first-order valence-electron chi connectivity index (χ1n) is 6.62. The molecule has 0 saturated heterocycles. The van der Waals surface area contributed by atoms with Gasteiger partial charge in [0.25, 0.3) is 0 Å². The zero-order chi connectivity index (χ0) is 14.5. The van der Waals surface area contributed by atoms with Crippen molar-refractivity contribution >= 4 is 23.6 Å². The van der Waals surface area contributed by atoms with Crippen molar-refractivity contribution in [2.75, 3.05) is 6.61 Å². The second-order valence-electron chi connectivity index (χ2n) is 5.03. The van der Waals surface area contributed by atoms with Crippen LogP contribution in [-0.4, -0.2) is 23.7 Å². The molecule has 0 heterocycles. The highest BCUT2D eigenvalue weighted by Crippen LogP contribution is 2.18. The molecule has 0 bridgehead atoms. The van der Waals surface area contributed by atoms with Crippen molar-refractivity contribution in [2.24, 2.45) is 5.92 Å². The van der Waals surface area contributed by atoms with Crippen molar-refractivity contribution in [1.29, 1.82) is 0 Å². The molecule has 1 aliphatic rings. The fraction of sp³-hybridized carbons (Fsp3) is 0.312. The summed E-state index contributed by atoms with van der Waals surface area (Å²) in [6.45, 7) is 1.90. The molecule has 0 saturated carbocycles. The fourth-order valence-corrected chi connectivity index (χ4v) is 2.41. The highest BCUT2D eigenvalue weighted by Gasteiger charge is 2.19. The molecule has 0 fully saturated rings. The number of aliphatic hydroxyl groups excluding tert-OH is 1. The first kappa shape index (κ1) is 14.8. The summed E-state index contributed by atoms with van der Waals surface area (Å²) >= 11 is 5.91. The first-order valence-corrected chi connectivity index (χ1v) is 7.00. The van der Waals surface area contributed by atoms with E-state index in [4.69, 9.17) is 16.7 Å². The van der Waals surface area contributed by atoms with Gasteiger partial charge in [0.05, 0.1) is 0 Å². The monoisotopic (exact) mass is 291 g/mol. The van der Waals surface area contributed by atoms with Crippen LogP contribution in [0.3, 0.4) is 0 Å². The summed E-state index contributed by atoms with van der Waals surface area (Å²) in [4.78, 5) is 12.1. The third kappa shape index (κ3) is 3.95. The fourth-order valence-electron chi connectivity index (χ4n) is 2.21. The third-order valence-corrected chi connectivity index (χ3v) is 3.55. The number of rotatable bonds is 4. The van der Waals surface area contributed by atoms with E-state index in [0.717, 1.165) is 12.0 Å². The van der Waals surface area contributed by atoms with Crippen LogP contribution in [0.25, 0.3) is 6.08 Å². The number of hydrogen-bond donors (Lipinski definition) is 2. The van der Waals surface area contributed by atoms with Crippen LogP contribution in [0.5, 0.6) is 0 Å². The Hall–Kier alpha value is -1.58. The lowest BCUT2D eigenvalue weighted by atomic mass is 10.1. The number of benzene rings is 1. The minimum absolute atomic E-state index is 0.00219. The van der Waals surface area contributed by atoms with Crippen molar-refractivity contribution in [1.82, 2.24) is 5.32 Å². The Kier molecular flexibility index (Phi) is 4.99. The van der Waals surface area contributed by atoms with Crippen LogP contribution in [0, 0.1) is 5.92 Å². The van der Waals surface area contributed by atoms with Crippen molar-refractivity contribution in [2.45, 2.75) is 19.4 Å². The molecule has 2 atom stereocenters. The van der Waals surface area contributed by atoms with Gasteiger partial charge in [-0.05, 0) is 37.1 Å². The second-order valence-corrected chi connectivity index (χ2v) is 5.46. The normalized spacial score (nSPS) is 22.1. The minimum Gasteiger partial charge on any atom is -0.396 e. The van der Waals surface area contributed by atoms with E-state index in [9.17, 15) is 4.79 Å². The van der Waals surface area contributed by atoms with Crippen LogP contribution >= 0.6 is 11.6 Å². The Balaban J connectivity index is 1.97. The molecule has 1 aromatic rings. The molecule has 2 rings (SSSR count). The smallest absolute Gasteiger partial charge is 0.247 e. The Morgan fingerprint density at radius 2 is 2.30 bits per heavy atom. The quantitative estimate of drug-likeness (QED) is 0.662. The maximum Gasteiger partial charge on any atom is 0.247 e. The third-order valence-electron chi connectivity index (χ3n) is 3.31. The van der Waals surface area contributed by atoms with Crippen molar-refractivity contribution < 1.29 is 9.90 Å². The molecular formula is C16H18ClNO2. The van der Waals surface area contributed by atoms with Gasteiger partial charge in [-0.25, -0.2) is 0 Å². The highest BCUT2D eigenvalue weighted by molar-refractivity contribution is 6.30. The van der Waals surface area contributed by atoms with Crippen molar-refractivity contribution in [3.63, 3.8) is 0 Å². The largest absolute Gasteiger partial charge is 0.396 e. The molecule has 1 amide bonds. The van der Waals surface area contributed by atoms with Crippen LogP contribution in [0.1, 0.15) is 18.9 Å². The Morgan fingerprint density at radius 3 is 2.95 bits per heavy atom. The SMILES string of the molecule is C/C(=C/c1cccc(Cl)c1)C(=O)N[C@@H]1C=C[C@H](CO)C1. The van der Waals surface area contributed by atoms with Crippen LogP contribution in [-0.2, 0) is 4.79 Å². The number of halogens is 1. The summed E-state index contributed by atoms with van der Waals surface area (Å²) in [7, 11) is 0. The predicted molar refractivity (Wildman–Crippen MR) is 81.4 cm³/mol. The van der Waals surface area contributed by atoms with Crippen molar-refractivity contribution in [3.8, 4) is 0 Å². The summed E-state index contributed by atoms with van der Waals surface area (Å²) in [5, 5.41) is 12.6. The number of carbonyl (C=O) groups is 1. The Labute approximate surface area is 124 Å². The number of nitrogens with one attached hydrogen (secondary N) is 1. The Bertz CT molecular complexity index is 551. The van der Waals surface area contributed by atoms with Gasteiger partial charge in [-0.2, -0.15) is 0 Å². The van der Waals surface area contributed by atoms with E-state index in [-0.39, 0.29) is 24.5 Å². The van der Waals surface area contributed by atoms with E-state index in [2.05, 4.69) is 5.32 Å². The van der Waals surface area contributed by atoms with Gasteiger partial charge in [-0.1, -0.05) is 35.9 Å². The molecule has 0 radical (unpaired) electrons. The van der Waals surface area contributed by atoms with E-state index in [1.54, 1.807) is 13.0 Å². The molecular weight excluding hydrogens is 274 g/mol. The first-order chi connectivity index (χ1) is 9.58. The van der Waals surface area contributed by atoms with Gasteiger partial charge in [0, 0.05) is 29.2 Å². The molecule has 0 unspecified atom stereocenters. The van der Waals surface area contributed by atoms with E-state index in [1.807, 2.05) is 36.4 Å². The van der Waals surface area contributed by atoms with Gasteiger partial charge in [0.2, 0.25) is 5.91 Å². The molecule has 0 aromatic heterocycles. The number of carbonyl (C=O) groups excluding carboxylic acids is 1. The van der Waals surface area contributed by atoms with Crippen LogP contribution in [0.15, 0.2) is 42.0 Å². The van der Waals surface area contributed by atoms with Gasteiger partial charge in [0.15, 0.2) is 0 Å². The summed E-state index contributed by atoms with van der Waals surface area (Å²) in [5.41, 5.74) is 1.54. The molecule has 106 valence electrons. The van der Waals surface area contributed by atoms with Crippen LogP contribution < -0.4 is 5.32 Å². The van der Waals surface area contributed by atoms with Gasteiger partial charge in [-0.3, -0.25) is 4.79 Å². The summed E-state index contributed by atoms with van der Waals surface area (Å²) < 4.78 is 0. The van der Waals surface area contributed by atoms with Gasteiger partial charge in [-0.15, -0.1) is 0 Å². The molecule has 2 N–H and O–H groups in total. The number of aliphatic hydroxyl groups is 1. The predicted octanol–water partition coefficient (Wildman–Crippen LogP) is 2.80. The van der Waals surface area contributed by atoms with Crippen LogP contribution in [0.2, 0.25) is 5.02 Å². The average molecular weight is 292 g/mol. The molecule has 4 heteroatoms. The Morgan fingerprint density at radius 1 is 1.50 bits per heavy atom. The molecule has 0 aliphatic heterocycles. The van der Waals surface area contributed by atoms with Gasteiger partial charge < -0.3 is 10.4 Å². The maximum absolute atomic E-state index is 12.1. The standard InChI is InChI=1S/C16H18ClNO2/c1-11(7-12-3-2-4-14(17)8-12)16(20)18-15-6-5-13(9-15)10-19/h2-8,13,15,19H,9-10H2,1H3,(H,18,20)/b11-7-/t13-,15+/m0/s1.